The zero-order valence-electron chi connectivity index (χ0n) is 15.7. The van der Waals surface area contributed by atoms with Crippen molar-refractivity contribution < 1.29 is 0 Å². The summed E-state index contributed by atoms with van der Waals surface area (Å²) in [5, 5.41) is 9.57. The summed E-state index contributed by atoms with van der Waals surface area (Å²) < 4.78 is 4.51. The van der Waals surface area contributed by atoms with E-state index >= 15 is 0 Å². The van der Waals surface area contributed by atoms with Crippen molar-refractivity contribution in [1.29, 1.82) is 5.26 Å². The van der Waals surface area contributed by atoms with E-state index < -0.39 is 0 Å². The lowest BCUT2D eigenvalue weighted by Crippen LogP contribution is -2.22. The number of thiazole rings is 1. The number of rotatable bonds is 4. The summed E-state index contributed by atoms with van der Waals surface area (Å²) in [5.41, 5.74) is 4.02. The summed E-state index contributed by atoms with van der Waals surface area (Å²) in [6.45, 7) is 3.95. The van der Waals surface area contributed by atoms with Gasteiger partial charge in [0.25, 0.3) is 5.56 Å². The van der Waals surface area contributed by atoms with Crippen LogP contribution < -0.4 is 5.56 Å². The summed E-state index contributed by atoms with van der Waals surface area (Å²) in [7, 11) is 0. The molecule has 0 saturated carbocycles. The highest BCUT2D eigenvalue weighted by molar-refractivity contribution is 7.99. The topological polar surface area (TPSA) is 63.6 Å². The molecule has 0 N–H and O–H groups in total. The molecule has 0 fully saturated rings. The minimum atomic E-state index is -0.173. The Morgan fingerprint density at radius 3 is 2.24 bits per heavy atom. The molecule has 4 rings (SSSR count). The van der Waals surface area contributed by atoms with Gasteiger partial charge in [-0.25, -0.2) is 4.98 Å². The summed E-state index contributed by atoms with van der Waals surface area (Å²) in [6, 6.07) is 17.6. The van der Waals surface area contributed by atoms with Gasteiger partial charge in [0, 0.05) is 0 Å². The largest absolute Gasteiger partial charge is 0.278 e. The molecule has 0 spiro atoms. The Balaban J connectivity index is 2.10. The fourth-order valence-electron chi connectivity index (χ4n) is 3.18. The summed E-state index contributed by atoms with van der Waals surface area (Å²) >= 11 is 8.11. The third kappa shape index (κ3) is 3.42. The van der Waals surface area contributed by atoms with Crippen molar-refractivity contribution in [3.63, 3.8) is 0 Å². The van der Waals surface area contributed by atoms with E-state index in [0.717, 1.165) is 22.5 Å². The quantitative estimate of drug-likeness (QED) is 0.250. The second-order valence-electron chi connectivity index (χ2n) is 6.41. The van der Waals surface area contributed by atoms with Crippen LogP contribution in [0.4, 0.5) is 0 Å². The maximum absolute atomic E-state index is 13.5. The number of aromatic nitrogens is 3. The van der Waals surface area contributed by atoms with Crippen LogP contribution in [-0.2, 0) is 0 Å². The summed E-state index contributed by atoms with van der Waals surface area (Å²) in [6.07, 6.45) is 0. The van der Waals surface area contributed by atoms with Crippen LogP contribution in [-0.4, -0.2) is 19.9 Å². The number of aryl methyl sites for hydroxylation is 2. The highest BCUT2D eigenvalue weighted by atomic mass is 32.2. The number of nitrogens with zero attached hydrogens (tertiary/aromatic N) is 4. The van der Waals surface area contributed by atoms with Gasteiger partial charge in [-0.1, -0.05) is 59.5 Å². The zero-order valence-corrected chi connectivity index (χ0v) is 18.2. The Hall–Kier alpha value is -2.73. The minimum absolute atomic E-state index is 0.173. The van der Waals surface area contributed by atoms with Gasteiger partial charge in [-0.05, 0) is 49.3 Å². The lowest BCUT2D eigenvalue weighted by atomic mass is 10.2. The van der Waals surface area contributed by atoms with Crippen molar-refractivity contribution >= 4 is 45.7 Å². The fraction of sp³-hybridized carbons (Fsp3) is 0.143. The van der Waals surface area contributed by atoms with E-state index in [1.807, 2.05) is 66.9 Å². The molecule has 0 bridgehead atoms. The van der Waals surface area contributed by atoms with Crippen molar-refractivity contribution in [3.05, 3.63) is 74.0 Å². The first-order chi connectivity index (χ1) is 14.0. The van der Waals surface area contributed by atoms with Gasteiger partial charge in [0.1, 0.15) is 4.70 Å². The molecule has 8 heteroatoms. The van der Waals surface area contributed by atoms with Crippen molar-refractivity contribution in [2.75, 3.05) is 5.75 Å². The van der Waals surface area contributed by atoms with Crippen LogP contribution in [0, 0.1) is 29.1 Å². The van der Waals surface area contributed by atoms with E-state index in [4.69, 9.17) is 22.5 Å². The number of nitriles is 1. The van der Waals surface area contributed by atoms with Crippen molar-refractivity contribution in [2.45, 2.75) is 19.0 Å². The molecule has 144 valence electrons. The van der Waals surface area contributed by atoms with Gasteiger partial charge < -0.3 is 0 Å². The molecule has 0 atom stereocenters. The lowest BCUT2D eigenvalue weighted by Gasteiger charge is -2.14. The monoisotopic (exact) mass is 436 g/mol. The van der Waals surface area contributed by atoms with E-state index in [9.17, 15) is 4.79 Å². The van der Waals surface area contributed by atoms with E-state index in [0.29, 0.717) is 19.5 Å². The Kier molecular flexibility index (Phi) is 5.37. The second-order valence-corrected chi connectivity index (χ2v) is 9.00. The number of para-hydroxylation sites is 2. The Bertz CT molecular complexity index is 1390. The zero-order chi connectivity index (χ0) is 20.5. The molecule has 2 aromatic heterocycles. The number of thioether (sulfide) groups is 1. The molecule has 2 aromatic carbocycles. The average Bonchev–Trinajstić information content (AvgIpc) is 3.04. The molecular weight excluding hydrogens is 420 g/mol. The Labute approximate surface area is 180 Å². The van der Waals surface area contributed by atoms with E-state index in [1.54, 1.807) is 4.57 Å². The maximum atomic E-state index is 13.5. The van der Waals surface area contributed by atoms with E-state index in [-0.39, 0.29) is 11.3 Å². The predicted molar refractivity (Wildman–Crippen MR) is 121 cm³/mol. The molecule has 0 amide bonds. The van der Waals surface area contributed by atoms with Gasteiger partial charge in [0.15, 0.2) is 14.8 Å². The SMILES string of the molecule is Cc1ccccc1-n1c(SCC#N)nc2c(sc(=S)n2-c2ccccc2C)c1=O. The molecule has 0 aliphatic rings. The first-order valence-electron chi connectivity index (χ1n) is 8.83. The molecule has 0 saturated heterocycles. The standard InChI is InChI=1S/C21H16N4OS3/c1-13-7-3-5-9-15(13)24-18-17(29-21(24)27)19(26)25(20(23-18)28-12-11-22)16-10-6-4-8-14(16)2/h3-10H,12H2,1-2H3. The van der Waals surface area contributed by atoms with E-state index in [2.05, 4.69) is 6.07 Å². The third-order valence-electron chi connectivity index (χ3n) is 4.56. The predicted octanol–water partition coefficient (Wildman–Crippen LogP) is 5.20. The van der Waals surface area contributed by atoms with Crippen LogP contribution in [0.5, 0.6) is 0 Å². The van der Waals surface area contributed by atoms with Crippen molar-refractivity contribution in [3.8, 4) is 17.4 Å². The third-order valence-corrected chi connectivity index (χ3v) is 6.71. The molecule has 29 heavy (non-hydrogen) atoms. The second kappa shape index (κ2) is 7.95. The normalized spacial score (nSPS) is 10.9. The van der Waals surface area contributed by atoms with Crippen molar-refractivity contribution in [1.82, 2.24) is 14.1 Å². The van der Waals surface area contributed by atoms with Gasteiger partial charge in [0.2, 0.25) is 0 Å². The van der Waals surface area contributed by atoms with Gasteiger partial charge in [-0.2, -0.15) is 5.26 Å². The Morgan fingerprint density at radius 1 is 1.07 bits per heavy atom. The van der Waals surface area contributed by atoms with Crippen LogP contribution in [0.1, 0.15) is 11.1 Å². The highest BCUT2D eigenvalue weighted by Gasteiger charge is 2.20. The first kappa shape index (κ1) is 19.6. The number of fused-ring (bicyclic) bond motifs is 1. The highest BCUT2D eigenvalue weighted by Crippen LogP contribution is 2.29. The van der Waals surface area contributed by atoms with Gasteiger partial charge in [0.05, 0.1) is 23.2 Å². The van der Waals surface area contributed by atoms with Gasteiger partial charge in [-0.3, -0.25) is 13.9 Å². The van der Waals surface area contributed by atoms with Gasteiger partial charge >= 0.3 is 0 Å². The van der Waals surface area contributed by atoms with E-state index in [1.165, 1.54) is 23.1 Å². The Morgan fingerprint density at radius 2 is 1.66 bits per heavy atom. The van der Waals surface area contributed by atoms with Crippen molar-refractivity contribution in [2.24, 2.45) is 0 Å². The van der Waals surface area contributed by atoms with Crippen LogP contribution in [0.2, 0.25) is 0 Å². The van der Waals surface area contributed by atoms with Crippen LogP contribution >= 0.6 is 35.3 Å². The molecule has 2 heterocycles. The molecular formula is C21H16N4OS3. The molecule has 0 aliphatic carbocycles. The van der Waals surface area contributed by atoms with Crippen LogP contribution in [0.3, 0.4) is 0 Å². The number of hydrogen-bond donors (Lipinski definition) is 0. The average molecular weight is 437 g/mol. The lowest BCUT2D eigenvalue weighted by molar-refractivity contribution is 0.808. The first-order valence-corrected chi connectivity index (χ1v) is 11.0. The maximum Gasteiger partial charge on any atom is 0.278 e. The van der Waals surface area contributed by atoms with Crippen LogP contribution in [0.25, 0.3) is 21.7 Å². The van der Waals surface area contributed by atoms with Crippen LogP contribution in [0.15, 0.2) is 58.5 Å². The molecule has 0 unspecified atom stereocenters. The molecule has 4 aromatic rings. The molecule has 0 aliphatic heterocycles. The fourth-order valence-corrected chi connectivity index (χ4v) is 5.13. The minimum Gasteiger partial charge on any atom is -0.275 e. The summed E-state index contributed by atoms with van der Waals surface area (Å²) in [5.74, 6) is 0.194. The number of hydrogen-bond acceptors (Lipinski definition) is 6. The number of benzene rings is 2. The molecule has 0 radical (unpaired) electrons. The smallest absolute Gasteiger partial charge is 0.275 e. The molecule has 5 nitrogen and oxygen atoms in total. The summed E-state index contributed by atoms with van der Waals surface area (Å²) in [4.78, 5) is 18.3. The van der Waals surface area contributed by atoms with Gasteiger partial charge in [-0.15, -0.1) is 0 Å².